The summed E-state index contributed by atoms with van der Waals surface area (Å²) in [5.74, 6) is 0.895. The highest BCUT2D eigenvalue weighted by Crippen LogP contribution is 2.50. The summed E-state index contributed by atoms with van der Waals surface area (Å²) in [5.41, 5.74) is 3.33. The van der Waals surface area contributed by atoms with Gasteiger partial charge in [0.25, 0.3) is 0 Å². The smallest absolute Gasteiger partial charge is 0.145 e. The molecule has 1 fully saturated rings. The summed E-state index contributed by atoms with van der Waals surface area (Å²) < 4.78 is 10.8. The Balaban J connectivity index is 2.54. The van der Waals surface area contributed by atoms with Crippen molar-refractivity contribution in [3.8, 4) is 5.75 Å². The summed E-state index contributed by atoms with van der Waals surface area (Å²) in [5, 5.41) is 3.41. The van der Waals surface area contributed by atoms with E-state index in [1.807, 2.05) is 20.2 Å². The molecule has 1 aliphatic carbocycles. The first kappa shape index (κ1) is 12.3. The zero-order chi connectivity index (χ0) is 12.5. The Morgan fingerprint density at radius 1 is 1.41 bits per heavy atom. The molecule has 0 bridgehead atoms. The monoisotopic (exact) mass is 236 g/mol. The Bertz CT molecular complexity index is 414. The van der Waals surface area contributed by atoms with Crippen LogP contribution in [0.4, 0.5) is 0 Å². The van der Waals surface area contributed by atoms with Crippen LogP contribution in [0.15, 0.2) is 6.20 Å². The number of ether oxygens (including phenoxy) is 2. The van der Waals surface area contributed by atoms with Crippen LogP contribution in [0, 0.1) is 6.92 Å². The zero-order valence-corrected chi connectivity index (χ0v) is 11.0. The van der Waals surface area contributed by atoms with Crippen molar-refractivity contribution < 1.29 is 9.47 Å². The van der Waals surface area contributed by atoms with E-state index in [0.29, 0.717) is 6.61 Å². The molecule has 1 aliphatic rings. The van der Waals surface area contributed by atoms with Crippen LogP contribution in [0.2, 0.25) is 0 Å². The maximum absolute atomic E-state index is 5.53. The van der Waals surface area contributed by atoms with Gasteiger partial charge in [0, 0.05) is 30.0 Å². The first-order valence-corrected chi connectivity index (χ1v) is 5.89. The van der Waals surface area contributed by atoms with E-state index in [1.54, 1.807) is 14.2 Å². The number of rotatable bonds is 5. The molecule has 0 atom stereocenters. The SMILES string of the molecule is CNC1(c2c(COC)cnc(C)c2OC)CC1. The van der Waals surface area contributed by atoms with E-state index in [9.17, 15) is 0 Å². The van der Waals surface area contributed by atoms with Crippen LogP contribution in [0.5, 0.6) is 5.75 Å². The number of aromatic nitrogens is 1. The van der Waals surface area contributed by atoms with E-state index in [1.165, 1.54) is 5.56 Å². The molecular formula is C13H20N2O2. The number of nitrogens with one attached hydrogen (secondary N) is 1. The highest BCUT2D eigenvalue weighted by molar-refractivity contribution is 5.49. The van der Waals surface area contributed by atoms with Gasteiger partial charge in [-0.2, -0.15) is 0 Å². The van der Waals surface area contributed by atoms with Crippen molar-refractivity contribution in [3.63, 3.8) is 0 Å². The van der Waals surface area contributed by atoms with Gasteiger partial charge < -0.3 is 14.8 Å². The largest absolute Gasteiger partial charge is 0.494 e. The first-order chi connectivity index (χ1) is 8.18. The third kappa shape index (κ3) is 2.03. The van der Waals surface area contributed by atoms with Gasteiger partial charge in [-0.3, -0.25) is 4.98 Å². The highest BCUT2D eigenvalue weighted by atomic mass is 16.5. The molecule has 1 aromatic heterocycles. The van der Waals surface area contributed by atoms with Crippen molar-refractivity contribution in [1.82, 2.24) is 10.3 Å². The molecule has 1 N–H and O–H groups in total. The second-order valence-electron chi connectivity index (χ2n) is 4.54. The van der Waals surface area contributed by atoms with Crippen molar-refractivity contribution in [3.05, 3.63) is 23.0 Å². The number of aryl methyl sites for hydroxylation is 1. The summed E-state index contributed by atoms with van der Waals surface area (Å²) in [6.07, 6.45) is 4.17. The molecule has 2 rings (SSSR count). The number of hydrogen-bond acceptors (Lipinski definition) is 4. The molecule has 4 heteroatoms. The summed E-state index contributed by atoms with van der Waals surface area (Å²) in [7, 11) is 5.41. The average Bonchev–Trinajstić information content (AvgIpc) is 3.12. The Kier molecular flexibility index (Phi) is 3.35. The average molecular weight is 236 g/mol. The molecule has 0 aliphatic heterocycles. The predicted octanol–water partition coefficient (Wildman–Crippen LogP) is 1.75. The van der Waals surface area contributed by atoms with Crippen LogP contribution in [0.25, 0.3) is 0 Å². The van der Waals surface area contributed by atoms with Crippen LogP contribution >= 0.6 is 0 Å². The Morgan fingerprint density at radius 2 is 2.12 bits per heavy atom. The van der Waals surface area contributed by atoms with E-state index >= 15 is 0 Å². The van der Waals surface area contributed by atoms with Gasteiger partial charge in [0.05, 0.1) is 19.4 Å². The molecular weight excluding hydrogens is 216 g/mol. The third-order valence-electron chi connectivity index (χ3n) is 3.50. The second-order valence-corrected chi connectivity index (χ2v) is 4.54. The van der Waals surface area contributed by atoms with Crippen molar-refractivity contribution in [2.24, 2.45) is 0 Å². The van der Waals surface area contributed by atoms with Crippen LogP contribution < -0.4 is 10.1 Å². The minimum atomic E-state index is 0.0624. The van der Waals surface area contributed by atoms with Gasteiger partial charge in [-0.15, -0.1) is 0 Å². The fourth-order valence-electron chi connectivity index (χ4n) is 2.41. The summed E-state index contributed by atoms with van der Waals surface area (Å²) in [4.78, 5) is 4.37. The normalized spacial score (nSPS) is 16.9. The predicted molar refractivity (Wildman–Crippen MR) is 66.2 cm³/mol. The lowest BCUT2D eigenvalue weighted by molar-refractivity contribution is 0.182. The highest BCUT2D eigenvalue weighted by Gasteiger charge is 2.46. The molecule has 0 unspecified atom stereocenters. The summed E-state index contributed by atoms with van der Waals surface area (Å²) >= 11 is 0. The quantitative estimate of drug-likeness (QED) is 0.846. The topological polar surface area (TPSA) is 43.4 Å². The molecule has 1 heterocycles. The second kappa shape index (κ2) is 4.63. The molecule has 0 spiro atoms. The van der Waals surface area contributed by atoms with E-state index in [4.69, 9.17) is 9.47 Å². The van der Waals surface area contributed by atoms with Crippen LogP contribution in [-0.4, -0.2) is 26.3 Å². The zero-order valence-electron chi connectivity index (χ0n) is 11.0. The molecule has 0 saturated heterocycles. The maximum atomic E-state index is 5.53. The van der Waals surface area contributed by atoms with E-state index in [2.05, 4.69) is 10.3 Å². The van der Waals surface area contributed by atoms with Crippen molar-refractivity contribution in [1.29, 1.82) is 0 Å². The lowest BCUT2D eigenvalue weighted by atomic mass is 9.98. The maximum Gasteiger partial charge on any atom is 0.145 e. The van der Waals surface area contributed by atoms with E-state index in [0.717, 1.165) is 29.8 Å². The molecule has 4 nitrogen and oxygen atoms in total. The van der Waals surface area contributed by atoms with Gasteiger partial charge in [-0.05, 0) is 26.8 Å². The fourth-order valence-corrected chi connectivity index (χ4v) is 2.41. The van der Waals surface area contributed by atoms with Gasteiger partial charge >= 0.3 is 0 Å². The molecule has 0 aromatic carbocycles. The van der Waals surface area contributed by atoms with Crippen LogP contribution in [0.3, 0.4) is 0 Å². The van der Waals surface area contributed by atoms with Crippen LogP contribution in [-0.2, 0) is 16.9 Å². The Hall–Kier alpha value is -1.13. The molecule has 1 aromatic rings. The first-order valence-electron chi connectivity index (χ1n) is 5.89. The van der Waals surface area contributed by atoms with E-state index < -0.39 is 0 Å². The summed E-state index contributed by atoms with van der Waals surface area (Å²) in [6, 6.07) is 0. The number of nitrogens with zero attached hydrogens (tertiary/aromatic N) is 1. The van der Waals surface area contributed by atoms with Crippen molar-refractivity contribution >= 4 is 0 Å². The molecule has 0 radical (unpaired) electrons. The summed E-state index contributed by atoms with van der Waals surface area (Å²) in [6.45, 7) is 2.55. The Morgan fingerprint density at radius 3 is 2.59 bits per heavy atom. The molecule has 1 saturated carbocycles. The van der Waals surface area contributed by atoms with Gasteiger partial charge in [0.1, 0.15) is 5.75 Å². The van der Waals surface area contributed by atoms with Gasteiger partial charge in [-0.1, -0.05) is 0 Å². The standard InChI is InChI=1S/C13H20N2O2/c1-9-12(17-4)11(13(14-2)5-6-13)10(7-15-9)8-16-3/h7,14H,5-6,8H2,1-4H3. The number of pyridine rings is 1. The minimum absolute atomic E-state index is 0.0624. The van der Waals surface area contributed by atoms with Gasteiger partial charge in [0.2, 0.25) is 0 Å². The fraction of sp³-hybridized carbons (Fsp3) is 0.615. The molecule has 17 heavy (non-hydrogen) atoms. The number of hydrogen-bond donors (Lipinski definition) is 1. The lowest BCUT2D eigenvalue weighted by Crippen LogP contribution is -2.27. The lowest BCUT2D eigenvalue weighted by Gasteiger charge is -2.22. The van der Waals surface area contributed by atoms with Crippen molar-refractivity contribution in [2.45, 2.75) is 31.9 Å². The van der Waals surface area contributed by atoms with E-state index in [-0.39, 0.29) is 5.54 Å². The molecule has 94 valence electrons. The Labute approximate surface area is 102 Å². The van der Waals surface area contributed by atoms with Crippen molar-refractivity contribution in [2.75, 3.05) is 21.3 Å². The van der Waals surface area contributed by atoms with Crippen LogP contribution in [0.1, 0.15) is 29.7 Å². The van der Waals surface area contributed by atoms with Gasteiger partial charge in [0.15, 0.2) is 0 Å². The molecule has 0 amide bonds. The third-order valence-corrected chi connectivity index (χ3v) is 3.50. The minimum Gasteiger partial charge on any atom is -0.494 e. The van der Waals surface area contributed by atoms with Gasteiger partial charge in [-0.25, -0.2) is 0 Å². The number of methoxy groups -OCH3 is 2.